The van der Waals surface area contributed by atoms with Gasteiger partial charge in [0.1, 0.15) is 6.04 Å². The molecule has 0 aliphatic carbocycles. The summed E-state index contributed by atoms with van der Waals surface area (Å²) < 4.78 is 0. The minimum absolute atomic E-state index is 0.0432. The maximum atomic E-state index is 11.9. The Balaban J connectivity index is 0.000000244. The number of amides is 3. The van der Waals surface area contributed by atoms with E-state index in [0.29, 0.717) is 16.5 Å². The molecule has 0 saturated carbocycles. The van der Waals surface area contributed by atoms with E-state index >= 15 is 0 Å². The Morgan fingerprint density at radius 3 is 2.31 bits per heavy atom. The van der Waals surface area contributed by atoms with Gasteiger partial charge in [-0.15, -0.1) is 0 Å². The number of para-hydroxylation sites is 1. The van der Waals surface area contributed by atoms with Crippen LogP contribution in [0.4, 0.5) is 0 Å². The highest BCUT2D eigenvalue weighted by molar-refractivity contribution is 6.42. The van der Waals surface area contributed by atoms with Crippen LogP contribution in [0.15, 0.2) is 48.7 Å². The van der Waals surface area contributed by atoms with Crippen LogP contribution in [0.5, 0.6) is 0 Å². The van der Waals surface area contributed by atoms with Crippen molar-refractivity contribution < 1.29 is 14.4 Å². The van der Waals surface area contributed by atoms with Gasteiger partial charge in [0.15, 0.2) is 0 Å². The van der Waals surface area contributed by atoms with Crippen molar-refractivity contribution in [3.05, 3.63) is 69.8 Å². The summed E-state index contributed by atoms with van der Waals surface area (Å²) in [5.41, 5.74) is 2.79. The summed E-state index contributed by atoms with van der Waals surface area (Å²) >= 11 is 11.5. The average molecular weight is 477 g/mol. The molecule has 0 saturated heterocycles. The number of carbonyl (C=O) groups excluding carboxylic acids is 3. The molecule has 0 aliphatic heterocycles. The van der Waals surface area contributed by atoms with Crippen molar-refractivity contribution in [2.24, 2.45) is 0 Å². The SMILES string of the molecule is CNC(=O)Cc1ccc(Cl)c(Cl)c1.CNC(=O)[C@@H](C)NC(=O)Cc1c[nH]c2ccccc12. The summed E-state index contributed by atoms with van der Waals surface area (Å²) in [6.45, 7) is 1.66. The highest BCUT2D eigenvalue weighted by Crippen LogP contribution is 2.22. The van der Waals surface area contributed by atoms with Gasteiger partial charge in [-0.2, -0.15) is 0 Å². The molecule has 2 aromatic carbocycles. The van der Waals surface area contributed by atoms with Crippen molar-refractivity contribution in [1.82, 2.24) is 20.9 Å². The highest BCUT2D eigenvalue weighted by atomic mass is 35.5. The lowest BCUT2D eigenvalue weighted by Crippen LogP contribution is -2.44. The fraction of sp³-hybridized carbons (Fsp3) is 0.261. The fourth-order valence-electron chi connectivity index (χ4n) is 2.95. The summed E-state index contributed by atoms with van der Waals surface area (Å²) in [4.78, 5) is 37.3. The molecule has 1 aromatic heterocycles. The van der Waals surface area contributed by atoms with Gasteiger partial charge in [0.25, 0.3) is 0 Å². The van der Waals surface area contributed by atoms with E-state index in [1.807, 2.05) is 30.5 Å². The van der Waals surface area contributed by atoms with Crippen LogP contribution in [0.1, 0.15) is 18.1 Å². The van der Waals surface area contributed by atoms with Crippen molar-refractivity contribution in [3.8, 4) is 0 Å². The maximum Gasteiger partial charge on any atom is 0.242 e. The second-order valence-corrected chi connectivity index (χ2v) is 7.85. The first-order valence-electron chi connectivity index (χ1n) is 9.95. The molecule has 0 bridgehead atoms. The van der Waals surface area contributed by atoms with E-state index in [0.717, 1.165) is 22.0 Å². The van der Waals surface area contributed by atoms with Crippen LogP contribution in [0, 0.1) is 0 Å². The zero-order chi connectivity index (χ0) is 23.7. The second kappa shape index (κ2) is 12.1. The van der Waals surface area contributed by atoms with Crippen LogP contribution in [-0.4, -0.2) is 42.8 Å². The Kier molecular flexibility index (Phi) is 9.56. The zero-order valence-corrected chi connectivity index (χ0v) is 19.6. The van der Waals surface area contributed by atoms with Crippen molar-refractivity contribution in [1.29, 1.82) is 0 Å². The highest BCUT2D eigenvalue weighted by Gasteiger charge is 2.15. The number of rotatable bonds is 6. The summed E-state index contributed by atoms with van der Waals surface area (Å²) in [5.74, 6) is -0.411. The van der Waals surface area contributed by atoms with Gasteiger partial charge in [-0.3, -0.25) is 14.4 Å². The molecule has 7 nitrogen and oxygen atoms in total. The molecule has 0 aliphatic rings. The molecular weight excluding hydrogens is 451 g/mol. The summed E-state index contributed by atoms with van der Waals surface area (Å²) in [6.07, 6.45) is 2.41. The molecule has 0 radical (unpaired) electrons. The zero-order valence-electron chi connectivity index (χ0n) is 18.1. The van der Waals surface area contributed by atoms with Gasteiger partial charge in [0.2, 0.25) is 17.7 Å². The molecule has 0 spiro atoms. The minimum Gasteiger partial charge on any atom is -0.361 e. The van der Waals surface area contributed by atoms with Crippen molar-refractivity contribution >= 4 is 51.8 Å². The molecule has 3 amide bonds. The predicted molar refractivity (Wildman–Crippen MR) is 128 cm³/mol. The van der Waals surface area contributed by atoms with E-state index in [1.54, 1.807) is 39.2 Å². The average Bonchev–Trinajstić information content (AvgIpc) is 3.18. The molecule has 3 aromatic rings. The number of hydrogen-bond acceptors (Lipinski definition) is 3. The fourth-order valence-corrected chi connectivity index (χ4v) is 3.27. The van der Waals surface area contributed by atoms with E-state index in [-0.39, 0.29) is 24.1 Å². The first-order chi connectivity index (χ1) is 15.2. The summed E-state index contributed by atoms with van der Waals surface area (Å²) in [7, 11) is 3.14. The van der Waals surface area contributed by atoms with Gasteiger partial charge in [0.05, 0.1) is 22.9 Å². The van der Waals surface area contributed by atoms with Crippen LogP contribution in [0.2, 0.25) is 10.0 Å². The molecular formula is C23H26Cl2N4O3. The molecule has 0 fully saturated rings. The number of carbonyl (C=O) groups is 3. The number of likely N-dealkylation sites (N-methyl/N-ethyl adjacent to an activating group) is 2. The molecule has 32 heavy (non-hydrogen) atoms. The Hall–Kier alpha value is -3.03. The minimum atomic E-state index is -0.525. The van der Waals surface area contributed by atoms with Gasteiger partial charge in [0, 0.05) is 31.2 Å². The van der Waals surface area contributed by atoms with E-state index in [9.17, 15) is 14.4 Å². The third-order valence-electron chi connectivity index (χ3n) is 4.67. The van der Waals surface area contributed by atoms with E-state index < -0.39 is 6.04 Å². The topological polar surface area (TPSA) is 103 Å². The number of benzene rings is 2. The van der Waals surface area contributed by atoms with Crippen molar-refractivity contribution in [3.63, 3.8) is 0 Å². The number of halogens is 2. The normalized spacial score (nSPS) is 11.2. The number of fused-ring (bicyclic) bond motifs is 1. The first kappa shape index (κ1) is 25.2. The third kappa shape index (κ3) is 7.28. The van der Waals surface area contributed by atoms with E-state index in [1.165, 1.54) is 0 Å². The van der Waals surface area contributed by atoms with Crippen LogP contribution in [-0.2, 0) is 27.2 Å². The second-order valence-electron chi connectivity index (χ2n) is 7.04. The first-order valence-corrected chi connectivity index (χ1v) is 10.7. The van der Waals surface area contributed by atoms with Crippen molar-refractivity contribution in [2.45, 2.75) is 25.8 Å². The molecule has 3 rings (SSSR count). The van der Waals surface area contributed by atoms with Crippen LogP contribution >= 0.6 is 23.2 Å². The monoisotopic (exact) mass is 476 g/mol. The maximum absolute atomic E-state index is 11.9. The molecule has 0 unspecified atom stereocenters. The Morgan fingerprint density at radius 1 is 0.938 bits per heavy atom. The van der Waals surface area contributed by atoms with Crippen LogP contribution in [0.25, 0.3) is 10.9 Å². The Bertz CT molecular complexity index is 1100. The standard InChI is InChI=1S/C14H17N3O2.C9H9Cl2NO/c1-9(14(19)15-2)17-13(18)7-10-8-16-12-6-4-3-5-11(10)12;1-12-9(13)5-6-2-3-7(10)8(11)4-6/h3-6,8-9,16H,7H2,1-2H3,(H,15,19)(H,17,18);2-4H,5H2,1H3,(H,12,13)/t9-;/m1./s1. The van der Waals surface area contributed by atoms with Gasteiger partial charge >= 0.3 is 0 Å². The molecule has 1 atom stereocenters. The lowest BCUT2D eigenvalue weighted by atomic mass is 10.1. The van der Waals surface area contributed by atoms with E-state index in [2.05, 4.69) is 20.9 Å². The number of aromatic nitrogens is 1. The van der Waals surface area contributed by atoms with Gasteiger partial charge in [-0.1, -0.05) is 47.5 Å². The molecule has 170 valence electrons. The summed E-state index contributed by atoms with van der Waals surface area (Å²) in [5, 5.41) is 9.71. The van der Waals surface area contributed by atoms with E-state index in [4.69, 9.17) is 23.2 Å². The third-order valence-corrected chi connectivity index (χ3v) is 5.41. The summed E-state index contributed by atoms with van der Waals surface area (Å²) in [6, 6.07) is 12.4. The molecule has 1 heterocycles. The number of nitrogens with one attached hydrogen (secondary N) is 4. The lowest BCUT2D eigenvalue weighted by Gasteiger charge is -2.11. The number of H-pyrrole nitrogens is 1. The lowest BCUT2D eigenvalue weighted by molar-refractivity contribution is -0.127. The van der Waals surface area contributed by atoms with Crippen LogP contribution in [0.3, 0.4) is 0 Å². The van der Waals surface area contributed by atoms with Crippen molar-refractivity contribution in [2.75, 3.05) is 14.1 Å². The quantitative estimate of drug-likeness (QED) is 0.438. The number of hydrogen-bond donors (Lipinski definition) is 4. The smallest absolute Gasteiger partial charge is 0.242 e. The van der Waals surface area contributed by atoms with Gasteiger partial charge in [-0.05, 0) is 36.2 Å². The Labute approximate surface area is 196 Å². The van der Waals surface area contributed by atoms with Crippen LogP contribution < -0.4 is 16.0 Å². The molecule has 4 N–H and O–H groups in total. The largest absolute Gasteiger partial charge is 0.361 e. The Morgan fingerprint density at radius 2 is 1.66 bits per heavy atom. The van der Waals surface area contributed by atoms with Gasteiger partial charge in [-0.25, -0.2) is 0 Å². The van der Waals surface area contributed by atoms with Gasteiger partial charge < -0.3 is 20.9 Å². The predicted octanol–water partition coefficient (Wildman–Crippen LogP) is 3.24. The molecule has 9 heteroatoms. The number of aromatic amines is 1.